The molecule has 0 amide bonds. The Morgan fingerprint density at radius 3 is 0.833 bits per heavy atom. The molecule has 0 aromatic heterocycles. The molecule has 0 bridgehead atoms. The molecule has 0 aromatic carbocycles. The Labute approximate surface area is 67.8 Å². The molecule has 0 atom stereocenters. The first-order valence-electron chi connectivity index (χ1n) is 0.816. The van der Waals surface area contributed by atoms with Gasteiger partial charge in [-0.15, -0.1) is 0 Å². The van der Waals surface area contributed by atoms with Crippen molar-refractivity contribution in [3.05, 3.63) is 0 Å². The van der Waals surface area contributed by atoms with Gasteiger partial charge in [0.05, 0.1) is 0 Å². The van der Waals surface area contributed by atoms with Crippen LogP contribution in [0.3, 0.4) is 0 Å². The molecule has 0 rings (SSSR count). The molecule has 6 heavy (non-hydrogen) atoms. The van der Waals surface area contributed by atoms with Gasteiger partial charge < -0.3 is 26.6 Å². The maximum Gasteiger partial charge on any atom is 4.00 e. The molecule has 5 heteroatoms. The van der Waals surface area contributed by atoms with Gasteiger partial charge in [0.1, 0.15) is 0 Å². The summed E-state index contributed by atoms with van der Waals surface area (Å²) >= 11 is 0. The van der Waals surface area contributed by atoms with Gasteiger partial charge >= 0.3 is 41.7 Å². The zero-order valence-corrected chi connectivity index (χ0v) is 5.77. The molecule has 0 unspecified atom stereocenters. The van der Waals surface area contributed by atoms with Crippen LogP contribution in [-0.4, -0.2) is 6.16 Å². The van der Waals surface area contributed by atoms with Gasteiger partial charge in [-0.3, -0.25) is 0 Å². The second kappa shape index (κ2) is 3.25. The molecule has 0 saturated carbocycles. The summed E-state index contributed by atoms with van der Waals surface area (Å²) in [6, 6.07) is 0. The molecule has 32 valence electrons. The van der Waals surface area contributed by atoms with E-state index < -0.39 is 6.16 Å². The number of hydrogen-bond donors (Lipinski definition) is 0. The van der Waals surface area contributed by atoms with E-state index in [1.165, 1.54) is 0 Å². The average Bonchev–Trinajstić information content (AvgIpc) is 0.722. The summed E-state index contributed by atoms with van der Waals surface area (Å²) in [6.45, 7) is 0. The van der Waals surface area contributed by atoms with Crippen molar-refractivity contribution in [3.8, 4) is 0 Å². The van der Waals surface area contributed by atoms with E-state index in [0.29, 0.717) is 0 Å². The van der Waals surface area contributed by atoms with Gasteiger partial charge in [-0.2, -0.15) is 0 Å². The van der Waals surface area contributed by atoms with E-state index in [1.54, 1.807) is 0 Å². The number of hydrogen-bond acceptors (Lipinski definition) is 4. The summed E-state index contributed by atoms with van der Waals surface area (Å²) < 4.78 is 0. The van der Waals surface area contributed by atoms with Crippen LogP contribution in [0.2, 0.25) is 0 Å². The van der Waals surface area contributed by atoms with Crippen LogP contribution in [0.4, 0.5) is 0 Å². The third-order valence-corrected chi connectivity index (χ3v) is 0. The summed E-state index contributed by atoms with van der Waals surface area (Å²) in [4.78, 5) is 0. The van der Waals surface area contributed by atoms with Gasteiger partial charge in [0, 0.05) is 0 Å². The molecule has 0 aliphatic heterocycles. The monoisotopic (exact) mass is 216 g/mol. The Morgan fingerprint density at radius 2 is 0.833 bits per heavy atom. The maximum atomic E-state index is 8.44. The molecular formula is CCeO4. The molecular weight excluding hydrogens is 216 g/mol. The predicted octanol–water partition coefficient (Wildman–Crippen LogP) is -4.96. The fourth-order valence-corrected chi connectivity index (χ4v) is 0. The van der Waals surface area contributed by atoms with Gasteiger partial charge in [-0.05, 0) is 0 Å². The van der Waals surface area contributed by atoms with Crippen molar-refractivity contribution in [2.24, 2.45) is 0 Å². The minimum absolute atomic E-state index is 0. The van der Waals surface area contributed by atoms with Crippen molar-refractivity contribution < 1.29 is 62.2 Å². The van der Waals surface area contributed by atoms with Crippen LogP contribution in [0.1, 0.15) is 0 Å². The van der Waals surface area contributed by atoms with Crippen molar-refractivity contribution in [1.29, 1.82) is 0 Å². The Bertz CT molecular complexity index is 23.0. The summed E-state index contributed by atoms with van der Waals surface area (Å²) in [6.07, 6.45) is -4.50. The first-order chi connectivity index (χ1) is 2.00. The quantitative estimate of drug-likeness (QED) is 0.379. The summed E-state index contributed by atoms with van der Waals surface area (Å²) in [5.74, 6) is 0. The van der Waals surface area contributed by atoms with Gasteiger partial charge in [-0.25, -0.2) is 0 Å². The number of rotatable bonds is 0. The SMILES string of the molecule is [Ce+4].[O-]C([O-])([O-])[O-]. The first-order valence-corrected chi connectivity index (χ1v) is 0.816. The molecule has 0 spiro atoms. The van der Waals surface area contributed by atoms with Gasteiger partial charge in [-0.1, -0.05) is 0 Å². The fraction of sp³-hybridized carbons (Fsp3) is 1.00. The van der Waals surface area contributed by atoms with E-state index in [-0.39, 0.29) is 41.7 Å². The summed E-state index contributed by atoms with van der Waals surface area (Å²) in [5, 5.41) is 33.8. The smallest absolute Gasteiger partial charge is 0.890 e. The van der Waals surface area contributed by atoms with Crippen molar-refractivity contribution in [1.82, 2.24) is 0 Å². The normalized spacial score (nSPS) is 10.0. The zero-order chi connectivity index (χ0) is 4.50. The predicted molar refractivity (Wildman–Crippen MR) is 2.73 cm³/mol. The van der Waals surface area contributed by atoms with Crippen LogP contribution >= 0.6 is 0 Å². The molecule has 0 aromatic rings. The van der Waals surface area contributed by atoms with Crippen LogP contribution in [0.15, 0.2) is 0 Å². The Kier molecular flexibility index (Phi) is 5.55. The van der Waals surface area contributed by atoms with Crippen molar-refractivity contribution >= 4 is 0 Å². The minimum atomic E-state index is -4.50. The molecule has 0 radical (unpaired) electrons. The zero-order valence-electron chi connectivity index (χ0n) is 2.63. The van der Waals surface area contributed by atoms with E-state index in [9.17, 15) is 0 Å². The summed E-state index contributed by atoms with van der Waals surface area (Å²) in [5.41, 5.74) is 0. The van der Waals surface area contributed by atoms with E-state index in [2.05, 4.69) is 0 Å². The second-order valence-corrected chi connectivity index (χ2v) is 0.500. The Balaban J connectivity index is 0. The molecule has 0 fully saturated rings. The minimum Gasteiger partial charge on any atom is -0.890 e. The van der Waals surface area contributed by atoms with Crippen molar-refractivity contribution in [3.63, 3.8) is 0 Å². The third kappa shape index (κ3) is 62.7. The van der Waals surface area contributed by atoms with E-state index in [4.69, 9.17) is 20.4 Å². The Hall–Kier alpha value is 1.22. The molecule has 0 aliphatic rings. The standard InChI is InChI=1S/CO4.Ce/c2-1(3,4)5;/q-4;+4. The molecule has 0 heterocycles. The van der Waals surface area contributed by atoms with Crippen LogP contribution in [0, 0.1) is 41.7 Å². The van der Waals surface area contributed by atoms with Crippen molar-refractivity contribution in [2.75, 3.05) is 0 Å². The van der Waals surface area contributed by atoms with Crippen LogP contribution < -0.4 is 20.4 Å². The van der Waals surface area contributed by atoms with E-state index >= 15 is 0 Å². The largest absolute Gasteiger partial charge is 4.00 e. The molecule has 4 nitrogen and oxygen atoms in total. The van der Waals surface area contributed by atoms with E-state index in [0.717, 1.165) is 0 Å². The van der Waals surface area contributed by atoms with Crippen LogP contribution in [0.25, 0.3) is 0 Å². The van der Waals surface area contributed by atoms with Gasteiger partial charge in [0.25, 0.3) is 0 Å². The fourth-order valence-electron chi connectivity index (χ4n) is 0. The maximum absolute atomic E-state index is 8.44. The first kappa shape index (κ1) is 10.2. The third-order valence-electron chi connectivity index (χ3n) is 0. The van der Waals surface area contributed by atoms with Crippen LogP contribution in [0.5, 0.6) is 0 Å². The van der Waals surface area contributed by atoms with Gasteiger partial charge in [0.15, 0.2) is 0 Å². The Morgan fingerprint density at radius 1 is 0.833 bits per heavy atom. The van der Waals surface area contributed by atoms with E-state index in [1.807, 2.05) is 0 Å². The molecule has 0 aliphatic carbocycles. The second-order valence-electron chi connectivity index (χ2n) is 0.500. The molecule has 0 N–H and O–H groups in total. The van der Waals surface area contributed by atoms with Crippen molar-refractivity contribution in [2.45, 2.75) is 6.16 Å². The van der Waals surface area contributed by atoms with Crippen LogP contribution in [-0.2, 0) is 0 Å². The topological polar surface area (TPSA) is 92.2 Å². The summed E-state index contributed by atoms with van der Waals surface area (Å²) in [7, 11) is 0. The van der Waals surface area contributed by atoms with Gasteiger partial charge in [0.2, 0.25) is 0 Å². The average molecular weight is 216 g/mol. The molecule has 0 saturated heterocycles.